The SMILES string of the molecule is c1ccc2c(c1)-c1cccc3c1B1c4c(cc(-n5c6ccccc6c6ccccc65)cc4-c4ccccc4N12)O3. The van der Waals surface area contributed by atoms with Crippen molar-refractivity contribution < 1.29 is 4.74 Å². The lowest BCUT2D eigenvalue weighted by molar-refractivity contribution is 0.487. The summed E-state index contributed by atoms with van der Waals surface area (Å²) in [5, 5.41) is 2.52. The van der Waals surface area contributed by atoms with Gasteiger partial charge in [-0.2, -0.15) is 0 Å². The molecular formula is C36H21BN2O. The molecule has 0 N–H and O–H groups in total. The predicted octanol–water partition coefficient (Wildman–Crippen LogP) is 7.79. The Morgan fingerprint density at radius 3 is 1.77 bits per heavy atom. The van der Waals surface area contributed by atoms with Gasteiger partial charge < -0.3 is 14.1 Å². The minimum atomic E-state index is 0.0574. The first-order chi connectivity index (χ1) is 19.9. The van der Waals surface area contributed by atoms with E-state index in [4.69, 9.17) is 4.74 Å². The molecule has 0 spiro atoms. The number of anilines is 2. The van der Waals surface area contributed by atoms with E-state index >= 15 is 0 Å². The first-order valence-electron chi connectivity index (χ1n) is 13.8. The van der Waals surface area contributed by atoms with Crippen LogP contribution in [-0.4, -0.2) is 11.4 Å². The Kier molecular flexibility index (Phi) is 3.75. The Bertz CT molecular complexity index is 2180. The van der Waals surface area contributed by atoms with Gasteiger partial charge in [0, 0.05) is 50.3 Å². The Hall–Kier alpha value is -5.22. The molecular weight excluding hydrogens is 487 g/mol. The molecule has 0 saturated heterocycles. The zero-order valence-electron chi connectivity index (χ0n) is 21.5. The summed E-state index contributed by atoms with van der Waals surface area (Å²) in [6.07, 6.45) is 0. The highest BCUT2D eigenvalue weighted by molar-refractivity contribution is 6.94. The highest BCUT2D eigenvalue weighted by Gasteiger charge is 2.47. The maximum atomic E-state index is 6.84. The third kappa shape index (κ3) is 2.43. The summed E-state index contributed by atoms with van der Waals surface area (Å²) in [6, 6.07) is 46.1. The van der Waals surface area contributed by atoms with E-state index in [1.165, 1.54) is 66.4 Å². The van der Waals surface area contributed by atoms with Crippen molar-refractivity contribution in [3.05, 3.63) is 127 Å². The van der Waals surface area contributed by atoms with Crippen LogP contribution in [0.15, 0.2) is 127 Å². The highest BCUT2D eigenvalue weighted by atomic mass is 16.5. The second-order valence-corrected chi connectivity index (χ2v) is 10.9. The second-order valence-electron chi connectivity index (χ2n) is 10.9. The van der Waals surface area contributed by atoms with Crippen molar-refractivity contribution in [2.24, 2.45) is 0 Å². The predicted molar refractivity (Wildman–Crippen MR) is 165 cm³/mol. The van der Waals surface area contributed by atoms with Crippen LogP contribution >= 0.6 is 0 Å². The molecule has 40 heavy (non-hydrogen) atoms. The molecule has 0 radical (unpaired) electrons. The molecule has 184 valence electrons. The largest absolute Gasteiger partial charge is 0.458 e. The Morgan fingerprint density at radius 1 is 0.475 bits per heavy atom. The number of ether oxygens (including phenoxy) is 1. The minimum Gasteiger partial charge on any atom is -0.458 e. The number of fused-ring (bicyclic) bond motifs is 9. The molecule has 0 fully saturated rings. The van der Waals surface area contributed by atoms with E-state index in [0.29, 0.717) is 0 Å². The van der Waals surface area contributed by atoms with E-state index in [0.717, 1.165) is 17.2 Å². The zero-order valence-corrected chi connectivity index (χ0v) is 21.5. The molecule has 10 rings (SSSR count). The first-order valence-corrected chi connectivity index (χ1v) is 13.8. The molecule has 0 amide bonds. The van der Waals surface area contributed by atoms with Gasteiger partial charge in [0.25, 0.3) is 0 Å². The molecule has 7 aromatic rings. The molecule has 3 aliphatic heterocycles. The van der Waals surface area contributed by atoms with Crippen molar-refractivity contribution >= 4 is 51.0 Å². The fourth-order valence-corrected chi connectivity index (χ4v) is 7.43. The van der Waals surface area contributed by atoms with E-state index in [9.17, 15) is 0 Å². The number of para-hydroxylation sites is 4. The highest BCUT2D eigenvalue weighted by Crippen LogP contribution is 2.50. The van der Waals surface area contributed by atoms with Gasteiger partial charge in [0.15, 0.2) is 0 Å². The number of aromatic nitrogens is 1. The summed E-state index contributed by atoms with van der Waals surface area (Å²) < 4.78 is 9.23. The fourth-order valence-electron chi connectivity index (χ4n) is 7.43. The van der Waals surface area contributed by atoms with Crippen molar-refractivity contribution in [2.75, 3.05) is 4.81 Å². The monoisotopic (exact) mass is 508 g/mol. The van der Waals surface area contributed by atoms with Crippen LogP contribution in [-0.2, 0) is 0 Å². The Balaban J connectivity index is 1.34. The van der Waals surface area contributed by atoms with Crippen molar-refractivity contribution in [1.29, 1.82) is 0 Å². The third-order valence-corrected chi connectivity index (χ3v) is 8.96. The van der Waals surface area contributed by atoms with E-state index in [1.54, 1.807) is 0 Å². The standard InChI is InChI=1S/C36H21BN2O/c1-5-15-29-23(10-1)24-11-2-6-16-30(24)38(29)22-20-28-26-13-4-8-18-32(26)39-31-17-7-3-12-25(31)27-14-9-19-33-35(27)37(39)36(28)34(21-22)40-33/h1-21H. The van der Waals surface area contributed by atoms with Crippen LogP contribution in [0.5, 0.6) is 11.5 Å². The van der Waals surface area contributed by atoms with Crippen LogP contribution in [0.4, 0.5) is 11.4 Å². The summed E-state index contributed by atoms with van der Waals surface area (Å²) in [5.74, 6) is 1.88. The van der Waals surface area contributed by atoms with Crippen molar-refractivity contribution in [3.8, 4) is 39.4 Å². The van der Waals surface area contributed by atoms with Gasteiger partial charge in [-0.1, -0.05) is 84.9 Å². The lowest BCUT2D eigenvalue weighted by Crippen LogP contribution is -2.61. The molecule has 6 aromatic carbocycles. The molecule has 0 atom stereocenters. The third-order valence-electron chi connectivity index (χ3n) is 8.96. The van der Waals surface area contributed by atoms with Crippen LogP contribution in [0.25, 0.3) is 49.7 Å². The summed E-state index contributed by atoms with van der Waals surface area (Å²) >= 11 is 0. The molecule has 0 bridgehead atoms. The lowest BCUT2D eigenvalue weighted by atomic mass is 9.42. The summed E-state index contributed by atoms with van der Waals surface area (Å²) in [6.45, 7) is 0.0574. The zero-order chi connectivity index (χ0) is 25.9. The van der Waals surface area contributed by atoms with Crippen LogP contribution in [0.1, 0.15) is 0 Å². The van der Waals surface area contributed by atoms with Gasteiger partial charge in [-0.3, -0.25) is 0 Å². The smallest absolute Gasteiger partial charge is 0.337 e. The Morgan fingerprint density at radius 2 is 1.05 bits per heavy atom. The van der Waals surface area contributed by atoms with Crippen molar-refractivity contribution in [3.63, 3.8) is 0 Å². The van der Waals surface area contributed by atoms with Gasteiger partial charge in [0.05, 0.1) is 16.7 Å². The van der Waals surface area contributed by atoms with Gasteiger partial charge in [-0.05, 0) is 47.5 Å². The van der Waals surface area contributed by atoms with Gasteiger partial charge in [0.1, 0.15) is 11.5 Å². The van der Waals surface area contributed by atoms with Crippen LogP contribution in [0.2, 0.25) is 0 Å². The maximum absolute atomic E-state index is 6.84. The van der Waals surface area contributed by atoms with E-state index < -0.39 is 0 Å². The van der Waals surface area contributed by atoms with Crippen molar-refractivity contribution in [2.45, 2.75) is 0 Å². The number of benzene rings is 6. The van der Waals surface area contributed by atoms with E-state index in [1.807, 2.05) is 0 Å². The summed E-state index contributed by atoms with van der Waals surface area (Å²) in [4.78, 5) is 2.53. The molecule has 3 aliphatic rings. The average molecular weight is 508 g/mol. The summed E-state index contributed by atoms with van der Waals surface area (Å²) in [7, 11) is 0. The average Bonchev–Trinajstić information content (AvgIpc) is 3.35. The first kappa shape index (κ1) is 20.7. The molecule has 0 aliphatic carbocycles. The van der Waals surface area contributed by atoms with Gasteiger partial charge in [0.2, 0.25) is 0 Å². The molecule has 4 heteroatoms. The lowest BCUT2D eigenvalue weighted by Gasteiger charge is -2.46. The van der Waals surface area contributed by atoms with Crippen LogP contribution in [0.3, 0.4) is 0 Å². The van der Waals surface area contributed by atoms with E-state index in [-0.39, 0.29) is 6.85 Å². The van der Waals surface area contributed by atoms with Gasteiger partial charge >= 0.3 is 6.85 Å². The number of hydrogen-bond donors (Lipinski definition) is 0. The topological polar surface area (TPSA) is 17.4 Å². The normalized spacial score (nSPS) is 13.6. The molecule has 1 aromatic heterocycles. The van der Waals surface area contributed by atoms with E-state index in [2.05, 4.69) is 137 Å². The molecule has 4 heterocycles. The second kappa shape index (κ2) is 7.25. The quantitative estimate of drug-likeness (QED) is 0.211. The number of hydrogen-bond acceptors (Lipinski definition) is 2. The van der Waals surface area contributed by atoms with Crippen LogP contribution < -0.4 is 20.5 Å². The molecule has 3 nitrogen and oxygen atoms in total. The maximum Gasteiger partial charge on any atom is 0.337 e. The molecule has 0 saturated carbocycles. The summed E-state index contributed by atoms with van der Waals surface area (Å²) in [5.41, 5.74) is 13.5. The minimum absolute atomic E-state index is 0.0574. The van der Waals surface area contributed by atoms with Crippen LogP contribution in [0, 0.1) is 0 Å². The van der Waals surface area contributed by atoms with Gasteiger partial charge in [-0.25, -0.2) is 0 Å². The Labute approximate surface area is 231 Å². The molecule has 0 unspecified atom stereocenters. The fraction of sp³-hybridized carbons (Fsp3) is 0. The van der Waals surface area contributed by atoms with Crippen molar-refractivity contribution in [1.82, 2.24) is 4.57 Å². The number of rotatable bonds is 1. The number of nitrogens with zero attached hydrogens (tertiary/aromatic N) is 2. The van der Waals surface area contributed by atoms with Gasteiger partial charge in [-0.15, -0.1) is 0 Å².